The number of ether oxygens (including phenoxy) is 4. The summed E-state index contributed by atoms with van der Waals surface area (Å²) in [7, 11) is -9.89. The van der Waals surface area contributed by atoms with Crippen LogP contribution in [0, 0.1) is 5.92 Å². The predicted octanol–water partition coefficient (Wildman–Crippen LogP) is 18.2. The van der Waals surface area contributed by atoms with Gasteiger partial charge in [0.2, 0.25) is 0 Å². The molecular formula is C65H126O17P2. The minimum Gasteiger partial charge on any atom is -0.462 e. The number of hydrogen-bond donors (Lipinski definition) is 3. The fourth-order valence-electron chi connectivity index (χ4n) is 9.76. The summed E-state index contributed by atoms with van der Waals surface area (Å²) in [6.07, 6.45) is 43.1. The Labute approximate surface area is 511 Å². The number of aliphatic hydroxyl groups is 1. The number of phosphoric acid groups is 2. The van der Waals surface area contributed by atoms with Crippen molar-refractivity contribution in [2.75, 3.05) is 39.6 Å². The molecule has 0 aliphatic heterocycles. The molecule has 3 N–H and O–H groups in total. The van der Waals surface area contributed by atoms with Gasteiger partial charge in [-0.2, -0.15) is 0 Å². The first-order valence-corrected chi connectivity index (χ1v) is 37.1. The van der Waals surface area contributed by atoms with Gasteiger partial charge in [0.15, 0.2) is 12.2 Å². The quantitative estimate of drug-likeness (QED) is 0.0222. The van der Waals surface area contributed by atoms with Crippen LogP contribution >= 0.6 is 15.6 Å². The van der Waals surface area contributed by atoms with Crippen LogP contribution in [0.25, 0.3) is 0 Å². The van der Waals surface area contributed by atoms with Crippen molar-refractivity contribution in [2.45, 2.75) is 348 Å². The van der Waals surface area contributed by atoms with Crippen molar-refractivity contribution in [1.29, 1.82) is 0 Å². The smallest absolute Gasteiger partial charge is 0.462 e. The number of esters is 4. The van der Waals surface area contributed by atoms with Crippen molar-refractivity contribution in [1.82, 2.24) is 0 Å². The van der Waals surface area contributed by atoms with E-state index in [1.807, 2.05) is 0 Å². The monoisotopic (exact) mass is 1240 g/mol. The summed E-state index contributed by atoms with van der Waals surface area (Å²) < 4.78 is 68.0. The Morgan fingerprint density at radius 1 is 0.321 bits per heavy atom. The second kappa shape index (κ2) is 58.7. The van der Waals surface area contributed by atoms with Crippen molar-refractivity contribution in [3.8, 4) is 0 Å². The molecule has 19 heteroatoms. The predicted molar refractivity (Wildman–Crippen MR) is 335 cm³/mol. The number of rotatable bonds is 65. The molecule has 0 heterocycles. The van der Waals surface area contributed by atoms with Crippen molar-refractivity contribution in [3.05, 3.63) is 0 Å². The normalized spacial score (nSPS) is 14.2. The highest BCUT2D eigenvalue weighted by Crippen LogP contribution is 2.45. The zero-order valence-electron chi connectivity index (χ0n) is 54.0. The molecule has 498 valence electrons. The van der Waals surface area contributed by atoms with E-state index in [0.717, 1.165) is 96.3 Å². The first-order valence-electron chi connectivity index (χ1n) is 34.1. The number of carbonyl (C=O) groups is 4. The van der Waals surface area contributed by atoms with E-state index in [-0.39, 0.29) is 25.7 Å². The molecule has 0 amide bonds. The molecule has 0 saturated carbocycles. The lowest BCUT2D eigenvalue weighted by molar-refractivity contribution is -0.161. The Hall–Kier alpha value is -1.94. The van der Waals surface area contributed by atoms with E-state index in [0.29, 0.717) is 31.6 Å². The maximum Gasteiger partial charge on any atom is 0.472 e. The topological polar surface area (TPSA) is 237 Å². The molecule has 0 radical (unpaired) electrons. The maximum atomic E-state index is 13.0. The molecule has 0 aromatic heterocycles. The summed E-state index contributed by atoms with van der Waals surface area (Å²) in [5.74, 6) is -1.45. The van der Waals surface area contributed by atoms with Crippen LogP contribution in [-0.4, -0.2) is 96.7 Å². The average Bonchev–Trinajstić information content (AvgIpc) is 3.64. The molecule has 0 aromatic rings. The number of carbonyl (C=O) groups excluding carboxylic acids is 4. The summed E-state index contributed by atoms with van der Waals surface area (Å²) >= 11 is 0. The molecule has 17 nitrogen and oxygen atoms in total. The van der Waals surface area contributed by atoms with Crippen LogP contribution < -0.4 is 0 Å². The van der Waals surface area contributed by atoms with E-state index >= 15 is 0 Å². The van der Waals surface area contributed by atoms with Gasteiger partial charge >= 0.3 is 39.5 Å². The van der Waals surface area contributed by atoms with Gasteiger partial charge in [-0.15, -0.1) is 0 Å². The molecule has 84 heavy (non-hydrogen) atoms. The number of hydrogen-bond acceptors (Lipinski definition) is 15. The lowest BCUT2D eigenvalue weighted by Gasteiger charge is -2.21. The Balaban J connectivity index is 5.23. The molecule has 0 spiro atoms. The van der Waals surface area contributed by atoms with Gasteiger partial charge in [-0.05, 0) is 31.6 Å². The summed E-state index contributed by atoms with van der Waals surface area (Å²) in [4.78, 5) is 72.2. The van der Waals surface area contributed by atoms with E-state index in [2.05, 4.69) is 34.6 Å². The van der Waals surface area contributed by atoms with Crippen LogP contribution in [-0.2, 0) is 65.4 Å². The Morgan fingerprint density at radius 3 is 0.810 bits per heavy atom. The number of phosphoric ester groups is 2. The molecule has 2 unspecified atom stereocenters. The third-order valence-electron chi connectivity index (χ3n) is 15.0. The molecule has 5 atom stereocenters. The van der Waals surface area contributed by atoms with Gasteiger partial charge < -0.3 is 33.8 Å². The number of aliphatic hydroxyl groups excluding tert-OH is 1. The third-order valence-corrected chi connectivity index (χ3v) is 16.9. The molecule has 0 aromatic carbocycles. The lowest BCUT2D eigenvalue weighted by Crippen LogP contribution is -2.30. The molecule has 0 aliphatic rings. The second-order valence-electron chi connectivity index (χ2n) is 24.0. The van der Waals surface area contributed by atoms with Crippen LogP contribution in [0.15, 0.2) is 0 Å². The molecule has 0 fully saturated rings. The van der Waals surface area contributed by atoms with E-state index in [1.54, 1.807) is 0 Å². The van der Waals surface area contributed by atoms with Gasteiger partial charge in [-0.3, -0.25) is 37.3 Å². The lowest BCUT2D eigenvalue weighted by atomic mass is 10.0. The van der Waals surface area contributed by atoms with Gasteiger partial charge in [-0.25, -0.2) is 9.13 Å². The van der Waals surface area contributed by atoms with Gasteiger partial charge in [0.05, 0.1) is 26.4 Å². The minimum atomic E-state index is -4.94. The Bertz CT molecular complexity index is 1640. The first-order chi connectivity index (χ1) is 40.5. The van der Waals surface area contributed by atoms with Crippen LogP contribution in [0.5, 0.6) is 0 Å². The van der Waals surface area contributed by atoms with Gasteiger partial charge in [0.1, 0.15) is 19.3 Å². The fraction of sp³-hybridized carbons (Fsp3) is 0.938. The van der Waals surface area contributed by atoms with Crippen LogP contribution in [0.2, 0.25) is 0 Å². The van der Waals surface area contributed by atoms with Crippen molar-refractivity contribution < 1.29 is 80.2 Å². The molecule has 0 rings (SSSR count). The summed E-state index contributed by atoms with van der Waals surface area (Å²) in [5, 5.41) is 10.5. The van der Waals surface area contributed by atoms with E-state index < -0.39 is 97.5 Å². The zero-order chi connectivity index (χ0) is 62.0. The Morgan fingerprint density at radius 2 is 0.548 bits per heavy atom. The highest BCUT2D eigenvalue weighted by atomic mass is 31.2. The highest BCUT2D eigenvalue weighted by Gasteiger charge is 2.30. The van der Waals surface area contributed by atoms with Crippen molar-refractivity contribution in [3.63, 3.8) is 0 Å². The van der Waals surface area contributed by atoms with E-state index in [9.17, 15) is 43.2 Å². The largest absolute Gasteiger partial charge is 0.472 e. The van der Waals surface area contributed by atoms with Gasteiger partial charge in [0, 0.05) is 25.7 Å². The summed E-state index contributed by atoms with van der Waals surface area (Å²) in [6, 6.07) is 0. The van der Waals surface area contributed by atoms with Gasteiger partial charge in [-0.1, -0.05) is 279 Å². The van der Waals surface area contributed by atoms with Crippen LogP contribution in [0.4, 0.5) is 0 Å². The van der Waals surface area contributed by atoms with Gasteiger partial charge in [0.25, 0.3) is 0 Å². The van der Waals surface area contributed by atoms with Crippen LogP contribution in [0.3, 0.4) is 0 Å². The standard InChI is InChI=1S/C65H126O17P2/c1-6-9-12-15-18-21-24-25-26-28-31-34-41-46-51-65(70)81-60(54-75-62(67)48-43-38-32-30-27-22-19-16-13-10-7-2)56-79-83(71,72)77-52-59(66)53-78-84(73,74)80-57-61(55-76-63(68)49-44-39-36-35-37-42-47-58(4)5)82-64(69)50-45-40-33-29-23-20-17-14-11-8-3/h58-61,66H,6-57H2,1-5H3,(H,71,72)(H,73,74)/t59-,60-,61-/m1/s1. The average molecular weight is 1240 g/mol. The summed E-state index contributed by atoms with van der Waals surface area (Å²) in [6.45, 7) is 7.11. The van der Waals surface area contributed by atoms with Crippen molar-refractivity contribution >= 4 is 39.5 Å². The van der Waals surface area contributed by atoms with E-state index in [4.69, 9.17) is 37.0 Å². The van der Waals surface area contributed by atoms with Crippen molar-refractivity contribution in [2.24, 2.45) is 5.92 Å². The second-order valence-corrected chi connectivity index (χ2v) is 26.9. The first kappa shape index (κ1) is 82.1. The minimum absolute atomic E-state index is 0.106. The van der Waals surface area contributed by atoms with E-state index in [1.165, 1.54) is 148 Å². The number of unbranched alkanes of at least 4 members (excludes halogenated alkanes) is 37. The summed E-state index contributed by atoms with van der Waals surface area (Å²) in [5.41, 5.74) is 0. The third kappa shape index (κ3) is 59.0. The molecule has 0 saturated heterocycles. The SMILES string of the molecule is CCCCCCCCCCCCCCCCC(=O)O[C@H](COC(=O)CCCCCCCCCCCCC)COP(=O)(O)OC[C@@H](O)COP(=O)(O)OC[C@@H](COC(=O)CCCCCCCCC(C)C)OC(=O)CCCCCCCCCCCC. The molecule has 0 aliphatic carbocycles. The zero-order valence-corrected chi connectivity index (χ0v) is 55.8. The molecular weight excluding hydrogens is 1110 g/mol. The fourth-order valence-corrected chi connectivity index (χ4v) is 11.3. The Kier molecular flexibility index (Phi) is 57.4. The van der Waals surface area contributed by atoms with Crippen LogP contribution in [0.1, 0.15) is 330 Å². The maximum absolute atomic E-state index is 13.0. The molecule has 0 bridgehead atoms. The highest BCUT2D eigenvalue weighted by molar-refractivity contribution is 7.47.